The maximum atomic E-state index is 11.4. The molecule has 14 heavy (non-hydrogen) atoms. The van der Waals surface area contributed by atoms with Gasteiger partial charge in [-0.25, -0.2) is 0 Å². The summed E-state index contributed by atoms with van der Waals surface area (Å²) in [5.41, 5.74) is 2.15. The van der Waals surface area contributed by atoms with Crippen molar-refractivity contribution in [2.45, 2.75) is 39.5 Å². The number of halogens is 1. The molecule has 0 radical (unpaired) electrons. The summed E-state index contributed by atoms with van der Waals surface area (Å²) in [6, 6.07) is 0. The molecule has 0 bridgehead atoms. The van der Waals surface area contributed by atoms with Crippen LogP contribution in [0.15, 0.2) is 16.9 Å². The predicted molar refractivity (Wildman–Crippen MR) is 61.3 cm³/mol. The van der Waals surface area contributed by atoms with E-state index in [4.69, 9.17) is 0 Å². The Kier molecular flexibility index (Phi) is 3.53. The molecule has 3 heteroatoms. The van der Waals surface area contributed by atoms with Crippen LogP contribution in [0.1, 0.15) is 50.7 Å². The van der Waals surface area contributed by atoms with Gasteiger partial charge in [-0.2, -0.15) is 4.73 Å². The lowest BCUT2D eigenvalue weighted by molar-refractivity contribution is -0.606. The molecule has 0 aromatic carbocycles. The molecule has 0 saturated carbocycles. The predicted octanol–water partition coefficient (Wildman–Crippen LogP) is 3.33. The largest absolute Gasteiger partial charge is 0.619 e. The fraction of sp³-hybridized carbons (Fsp3) is 0.545. The Balaban J connectivity index is 3.32. The second-order valence-corrected chi connectivity index (χ2v) is 4.95. The van der Waals surface area contributed by atoms with E-state index in [0.717, 1.165) is 20.3 Å². The van der Waals surface area contributed by atoms with Gasteiger partial charge in [0.05, 0.1) is 0 Å². The first-order chi connectivity index (χ1) is 6.43. The van der Waals surface area contributed by atoms with Gasteiger partial charge in [0.25, 0.3) is 0 Å². The molecule has 0 atom stereocenters. The molecule has 0 saturated heterocycles. The molecular formula is C11H16BrNO. The van der Waals surface area contributed by atoms with E-state index in [-0.39, 0.29) is 0 Å². The van der Waals surface area contributed by atoms with Gasteiger partial charge in [-0.05, 0) is 27.8 Å². The number of rotatable bonds is 2. The maximum Gasteiger partial charge on any atom is 0.184 e. The minimum Gasteiger partial charge on any atom is -0.619 e. The average Bonchev–Trinajstić information content (AvgIpc) is 2.07. The van der Waals surface area contributed by atoms with Crippen LogP contribution in [0, 0.1) is 5.21 Å². The molecular weight excluding hydrogens is 242 g/mol. The van der Waals surface area contributed by atoms with Crippen LogP contribution in [0.3, 0.4) is 0 Å². The summed E-state index contributed by atoms with van der Waals surface area (Å²) in [7, 11) is 0. The van der Waals surface area contributed by atoms with Gasteiger partial charge in [-0.1, -0.05) is 27.7 Å². The zero-order chi connectivity index (χ0) is 10.9. The smallest absolute Gasteiger partial charge is 0.184 e. The van der Waals surface area contributed by atoms with Gasteiger partial charge in [-0.15, -0.1) is 0 Å². The molecule has 0 aliphatic rings. The summed E-state index contributed by atoms with van der Waals surface area (Å²) in [6.45, 7) is 8.35. The summed E-state index contributed by atoms with van der Waals surface area (Å²) >= 11 is 3.56. The van der Waals surface area contributed by atoms with Gasteiger partial charge in [0, 0.05) is 15.6 Å². The zero-order valence-corrected chi connectivity index (χ0v) is 10.6. The van der Waals surface area contributed by atoms with E-state index in [1.54, 1.807) is 12.4 Å². The lowest BCUT2D eigenvalue weighted by atomic mass is 9.99. The van der Waals surface area contributed by atoms with Gasteiger partial charge >= 0.3 is 0 Å². The minimum absolute atomic E-state index is 0.364. The third-order valence-electron chi connectivity index (χ3n) is 2.28. The monoisotopic (exact) mass is 257 g/mol. The summed E-state index contributed by atoms with van der Waals surface area (Å²) in [6.07, 6.45) is 3.28. The Bertz CT molecular complexity index is 305. The van der Waals surface area contributed by atoms with Crippen molar-refractivity contribution in [3.63, 3.8) is 0 Å². The highest BCUT2D eigenvalue weighted by atomic mass is 79.9. The highest BCUT2D eigenvalue weighted by Gasteiger charge is 2.16. The maximum absolute atomic E-state index is 11.4. The normalized spacial score (nSPS) is 11.4. The molecule has 1 aromatic heterocycles. The molecule has 0 fully saturated rings. The van der Waals surface area contributed by atoms with Crippen molar-refractivity contribution in [2.75, 3.05) is 0 Å². The Morgan fingerprint density at radius 2 is 1.43 bits per heavy atom. The van der Waals surface area contributed by atoms with E-state index in [1.165, 1.54) is 0 Å². The standard InChI is InChI=1S/C11H16BrNO/c1-7(2)9-5-13(14)6-10(8(3)4)11(9)12/h5-8H,1-4H3. The van der Waals surface area contributed by atoms with Crippen LogP contribution in [0.4, 0.5) is 0 Å². The lowest BCUT2D eigenvalue weighted by Crippen LogP contribution is -2.27. The second-order valence-electron chi connectivity index (χ2n) is 4.15. The molecule has 0 N–H and O–H groups in total. The van der Waals surface area contributed by atoms with Crippen LogP contribution in [0.2, 0.25) is 0 Å². The fourth-order valence-electron chi connectivity index (χ4n) is 1.40. The Morgan fingerprint density at radius 1 is 1.07 bits per heavy atom. The first-order valence-corrected chi connectivity index (χ1v) is 5.65. The molecule has 0 amide bonds. The van der Waals surface area contributed by atoms with Gasteiger partial charge in [0.1, 0.15) is 0 Å². The SMILES string of the molecule is CC(C)c1c[n+]([O-])cc(C(C)C)c1Br. The molecule has 2 nitrogen and oxygen atoms in total. The van der Waals surface area contributed by atoms with Gasteiger partial charge in [0.2, 0.25) is 0 Å². The van der Waals surface area contributed by atoms with Crippen LogP contribution < -0.4 is 4.73 Å². The third-order valence-corrected chi connectivity index (χ3v) is 3.20. The van der Waals surface area contributed by atoms with Crippen LogP contribution in [0.25, 0.3) is 0 Å². The summed E-state index contributed by atoms with van der Waals surface area (Å²) in [5.74, 6) is 0.728. The molecule has 0 aliphatic heterocycles. The van der Waals surface area contributed by atoms with Crippen molar-refractivity contribution in [1.82, 2.24) is 0 Å². The number of pyridine rings is 1. The van der Waals surface area contributed by atoms with Crippen LogP contribution in [-0.2, 0) is 0 Å². The van der Waals surface area contributed by atoms with Crippen LogP contribution in [0.5, 0.6) is 0 Å². The molecule has 0 aliphatic carbocycles. The molecule has 78 valence electrons. The van der Waals surface area contributed by atoms with Gasteiger partial charge in [-0.3, -0.25) is 0 Å². The van der Waals surface area contributed by atoms with Crippen molar-refractivity contribution >= 4 is 15.9 Å². The second kappa shape index (κ2) is 4.30. The summed E-state index contributed by atoms with van der Waals surface area (Å²) in [5, 5.41) is 11.4. The van der Waals surface area contributed by atoms with E-state index in [0.29, 0.717) is 11.8 Å². The van der Waals surface area contributed by atoms with Gasteiger partial charge in [0.15, 0.2) is 12.4 Å². The number of hydrogen-bond donors (Lipinski definition) is 0. The summed E-state index contributed by atoms with van der Waals surface area (Å²) in [4.78, 5) is 0. The topological polar surface area (TPSA) is 26.9 Å². The van der Waals surface area contributed by atoms with E-state index >= 15 is 0 Å². The molecule has 0 spiro atoms. The molecule has 1 aromatic rings. The third kappa shape index (κ3) is 2.27. The summed E-state index contributed by atoms with van der Waals surface area (Å²) < 4.78 is 1.98. The minimum atomic E-state index is 0.364. The Labute approximate surface area is 93.7 Å². The fourth-order valence-corrected chi connectivity index (χ4v) is 2.52. The van der Waals surface area contributed by atoms with E-state index in [9.17, 15) is 5.21 Å². The van der Waals surface area contributed by atoms with Crippen molar-refractivity contribution in [3.05, 3.63) is 33.2 Å². The Hall–Kier alpha value is -0.570. The van der Waals surface area contributed by atoms with Crippen molar-refractivity contribution in [2.24, 2.45) is 0 Å². The first-order valence-electron chi connectivity index (χ1n) is 4.85. The highest BCUT2D eigenvalue weighted by molar-refractivity contribution is 9.10. The van der Waals surface area contributed by atoms with Gasteiger partial charge < -0.3 is 5.21 Å². The number of nitrogens with zero attached hydrogens (tertiary/aromatic N) is 1. The number of hydrogen-bond acceptors (Lipinski definition) is 1. The van der Waals surface area contributed by atoms with Crippen molar-refractivity contribution < 1.29 is 4.73 Å². The highest BCUT2D eigenvalue weighted by Crippen LogP contribution is 2.30. The van der Waals surface area contributed by atoms with Crippen molar-refractivity contribution in [3.8, 4) is 0 Å². The average molecular weight is 258 g/mol. The van der Waals surface area contributed by atoms with Crippen LogP contribution in [-0.4, -0.2) is 0 Å². The molecule has 1 rings (SSSR count). The van der Waals surface area contributed by atoms with E-state index < -0.39 is 0 Å². The van der Waals surface area contributed by atoms with Crippen molar-refractivity contribution in [1.29, 1.82) is 0 Å². The first kappa shape index (κ1) is 11.5. The van der Waals surface area contributed by atoms with E-state index in [1.807, 2.05) is 0 Å². The molecule has 0 unspecified atom stereocenters. The van der Waals surface area contributed by atoms with Crippen LogP contribution >= 0.6 is 15.9 Å². The van der Waals surface area contributed by atoms with E-state index in [2.05, 4.69) is 43.6 Å². The molecule has 1 heterocycles. The quantitative estimate of drug-likeness (QED) is 0.590. The Morgan fingerprint density at radius 3 is 1.71 bits per heavy atom. The zero-order valence-electron chi connectivity index (χ0n) is 9.04. The number of aromatic nitrogens is 1. The lowest BCUT2D eigenvalue weighted by Gasteiger charge is -2.13.